The van der Waals surface area contributed by atoms with E-state index in [1.165, 1.54) is 35.0 Å². The van der Waals surface area contributed by atoms with E-state index in [4.69, 9.17) is 16.7 Å². The minimum atomic E-state index is -4.05. The average Bonchev–Trinajstić information content (AvgIpc) is 2.99. The number of fused-ring (bicyclic) bond motifs is 1. The summed E-state index contributed by atoms with van der Waals surface area (Å²) in [7, 11) is -4.05. The Morgan fingerprint density at radius 2 is 1.80 bits per heavy atom. The summed E-state index contributed by atoms with van der Waals surface area (Å²) < 4.78 is 52.0. The van der Waals surface area contributed by atoms with Gasteiger partial charge in [-0.25, -0.2) is 22.3 Å². The zero-order valence-corrected chi connectivity index (χ0v) is 16.8. The van der Waals surface area contributed by atoms with Crippen LogP contribution < -0.4 is 10.7 Å². The summed E-state index contributed by atoms with van der Waals surface area (Å²) in [5.74, 6) is -1.94. The molecule has 3 aromatic carbocycles. The van der Waals surface area contributed by atoms with E-state index < -0.39 is 27.2 Å². The summed E-state index contributed by atoms with van der Waals surface area (Å²) in [6.07, 6.45) is 0. The number of rotatable bonds is 4. The summed E-state index contributed by atoms with van der Waals surface area (Å²) in [6.45, 7) is 0.101. The minimum absolute atomic E-state index is 0.101. The first-order valence-corrected chi connectivity index (χ1v) is 10.6. The zero-order chi connectivity index (χ0) is 21.6. The Kier molecular flexibility index (Phi) is 4.97. The van der Waals surface area contributed by atoms with Gasteiger partial charge in [-0.05, 0) is 47.5 Å². The van der Waals surface area contributed by atoms with E-state index in [-0.39, 0.29) is 27.4 Å². The first-order valence-electron chi connectivity index (χ1n) is 8.63. The van der Waals surface area contributed by atoms with Gasteiger partial charge in [-0.1, -0.05) is 29.8 Å². The lowest BCUT2D eigenvalue weighted by atomic mass is 10.0. The predicted octanol–water partition coefficient (Wildman–Crippen LogP) is 3.62. The second-order valence-corrected chi connectivity index (χ2v) is 8.60. The van der Waals surface area contributed by atoms with Crippen molar-refractivity contribution in [2.45, 2.75) is 11.4 Å². The number of H-pyrrole nitrogens is 1. The molecule has 1 aromatic heterocycles. The van der Waals surface area contributed by atoms with Crippen molar-refractivity contribution in [1.82, 2.24) is 9.78 Å². The van der Waals surface area contributed by atoms with Crippen LogP contribution in [-0.4, -0.2) is 18.2 Å². The standard InChI is InChI=1S/C20H14ClF2N3O3S/c21-14-2-1-3-18(30(24,28)29)19(14)12-5-7-17-13(9-12)20(27)25-26(17)10-11-4-6-15(22)16(23)8-11/h1-9H,10H2,(H,25,27)(H2,24,28,29). The Hall–Kier alpha value is -3.01. The molecule has 154 valence electrons. The normalized spacial score (nSPS) is 11.9. The molecule has 0 aliphatic rings. The van der Waals surface area contributed by atoms with Crippen LogP contribution in [0.15, 0.2) is 64.3 Å². The summed E-state index contributed by atoms with van der Waals surface area (Å²) in [4.78, 5) is 12.3. The third-order valence-corrected chi connectivity index (χ3v) is 5.93. The smallest absolute Gasteiger partial charge is 0.272 e. The molecule has 10 heteroatoms. The average molecular weight is 450 g/mol. The summed E-state index contributed by atoms with van der Waals surface area (Å²) in [5.41, 5.74) is 1.11. The summed E-state index contributed by atoms with van der Waals surface area (Å²) >= 11 is 6.22. The van der Waals surface area contributed by atoms with Crippen molar-refractivity contribution in [2.24, 2.45) is 5.14 Å². The van der Waals surface area contributed by atoms with Gasteiger partial charge in [-0.3, -0.25) is 14.6 Å². The molecule has 0 spiro atoms. The Labute approximate surface area is 174 Å². The molecule has 0 amide bonds. The number of nitrogens with one attached hydrogen (secondary N) is 1. The highest BCUT2D eigenvalue weighted by molar-refractivity contribution is 7.89. The van der Waals surface area contributed by atoms with E-state index in [0.29, 0.717) is 16.6 Å². The fourth-order valence-corrected chi connectivity index (χ4v) is 4.44. The number of sulfonamides is 1. The molecule has 0 unspecified atom stereocenters. The Balaban J connectivity index is 1.84. The number of aromatic nitrogens is 2. The molecule has 4 rings (SSSR count). The number of benzene rings is 3. The van der Waals surface area contributed by atoms with Crippen LogP contribution in [0.2, 0.25) is 5.02 Å². The highest BCUT2D eigenvalue weighted by Crippen LogP contribution is 2.34. The Bertz CT molecular complexity index is 1460. The number of halogens is 3. The van der Waals surface area contributed by atoms with Crippen LogP contribution in [0.5, 0.6) is 0 Å². The van der Waals surface area contributed by atoms with Gasteiger partial charge < -0.3 is 0 Å². The van der Waals surface area contributed by atoms with E-state index in [1.54, 1.807) is 12.1 Å². The van der Waals surface area contributed by atoms with E-state index >= 15 is 0 Å². The molecule has 0 aliphatic carbocycles. The minimum Gasteiger partial charge on any atom is -0.280 e. The summed E-state index contributed by atoms with van der Waals surface area (Å²) in [5, 5.41) is 8.38. The number of aromatic amines is 1. The fourth-order valence-electron chi connectivity index (χ4n) is 3.32. The third-order valence-electron chi connectivity index (χ3n) is 4.66. The van der Waals surface area contributed by atoms with Crippen LogP contribution in [0, 0.1) is 11.6 Å². The molecule has 0 fully saturated rings. The number of nitrogens with zero attached hydrogens (tertiary/aromatic N) is 1. The maximum absolute atomic E-state index is 13.5. The fraction of sp³-hybridized carbons (Fsp3) is 0.0500. The van der Waals surface area contributed by atoms with Gasteiger partial charge in [0.2, 0.25) is 10.0 Å². The van der Waals surface area contributed by atoms with Crippen LogP contribution in [0.3, 0.4) is 0 Å². The topological polar surface area (TPSA) is 98.0 Å². The molecule has 0 aliphatic heterocycles. The zero-order valence-electron chi connectivity index (χ0n) is 15.2. The van der Waals surface area contributed by atoms with Crippen molar-refractivity contribution >= 4 is 32.5 Å². The lowest BCUT2D eigenvalue weighted by molar-refractivity contribution is 0.506. The van der Waals surface area contributed by atoms with Crippen LogP contribution in [0.4, 0.5) is 8.78 Å². The molecule has 4 aromatic rings. The van der Waals surface area contributed by atoms with Gasteiger partial charge in [0.15, 0.2) is 11.6 Å². The van der Waals surface area contributed by atoms with Crippen molar-refractivity contribution in [2.75, 3.05) is 0 Å². The molecule has 30 heavy (non-hydrogen) atoms. The maximum atomic E-state index is 13.5. The molecule has 0 saturated heterocycles. The van der Waals surface area contributed by atoms with E-state index in [2.05, 4.69) is 5.10 Å². The van der Waals surface area contributed by atoms with Gasteiger partial charge >= 0.3 is 0 Å². The second-order valence-electron chi connectivity index (χ2n) is 6.67. The van der Waals surface area contributed by atoms with E-state index in [0.717, 1.165) is 12.1 Å². The monoisotopic (exact) mass is 449 g/mol. The molecular weight excluding hydrogens is 436 g/mol. The van der Waals surface area contributed by atoms with E-state index in [9.17, 15) is 22.0 Å². The third kappa shape index (κ3) is 3.62. The predicted molar refractivity (Wildman–Crippen MR) is 110 cm³/mol. The van der Waals surface area contributed by atoms with Gasteiger partial charge in [0.05, 0.1) is 22.3 Å². The van der Waals surface area contributed by atoms with Crippen molar-refractivity contribution in [3.05, 3.63) is 87.2 Å². The van der Waals surface area contributed by atoms with Gasteiger partial charge in [0.1, 0.15) is 0 Å². The van der Waals surface area contributed by atoms with Crippen LogP contribution in [0.25, 0.3) is 22.0 Å². The first kappa shape index (κ1) is 20.3. The lowest BCUT2D eigenvalue weighted by Gasteiger charge is -2.11. The van der Waals surface area contributed by atoms with Crippen LogP contribution in [-0.2, 0) is 16.6 Å². The van der Waals surface area contributed by atoms with Crippen LogP contribution in [0.1, 0.15) is 5.56 Å². The molecule has 3 N–H and O–H groups in total. The first-order chi connectivity index (χ1) is 14.1. The van der Waals surface area contributed by atoms with Gasteiger partial charge in [-0.2, -0.15) is 0 Å². The Morgan fingerprint density at radius 1 is 1.03 bits per heavy atom. The maximum Gasteiger partial charge on any atom is 0.272 e. The largest absolute Gasteiger partial charge is 0.280 e. The molecular formula is C20H14ClF2N3O3S. The van der Waals surface area contributed by atoms with Crippen molar-refractivity contribution in [1.29, 1.82) is 0 Å². The molecule has 0 bridgehead atoms. The van der Waals surface area contributed by atoms with Crippen molar-refractivity contribution in [3.8, 4) is 11.1 Å². The highest BCUT2D eigenvalue weighted by atomic mass is 35.5. The van der Waals surface area contributed by atoms with Gasteiger partial charge in [0, 0.05) is 10.6 Å². The number of nitrogens with two attached hydrogens (primary N) is 1. The molecule has 6 nitrogen and oxygen atoms in total. The summed E-state index contributed by atoms with van der Waals surface area (Å²) in [6, 6.07) is 12.5. The second kappa shape index (κ2) is 7.35. The SMILES string of the molecule is NS(=O)(=O)c1cccc(Cl)c1-c1ccc2c(c1)c(=O)[nH]n2Cc1ccc(F)c(F)c1. The van der Waals surface area contributed by atoms with E-state index in [1.807, 2.05) is 0 Å². The molecule has 0 radical (unpaired) electrons. The number of primary sulfonamides is 1. The van der Waals surface area contributed by atoms with Crippen molar-refractivity contribution < 1.29 is 17.2 Å². The lowest BCUT2D eigenvalue weighted by Crippen LogP contribution is -2.13. The number of hydrogen-bond acceptors (Lipinski definition) is 3. The Morgan fingerprint density at radius 3 is 2.50 bits per heavy atom. The van der Waals surface area contributed by atoms with Crippen molar-refractivity contribution in [3.63, 3.8) is 0 Å². The van der Waals surface area contributed by atoms with Gasteiger partial charge in [-0.15, -0.1) is 0 Å². The van der Waals surface area contributed by atoms with Crippen LogP contribution >= 0.6 is 11.6 Å². The molecule has 1 heterocycles. The highest BCUT2D eigenvalue weighted by Gasteiger charge is 2.19. The molecule has 0 saturated carbocycles. The quantitative estimate of drug-likeness (QED) is 0.497. The van der Waals surface area contributed by atoms with Gasteiger partial charge in [0.25, 0.3) is 5.56 Å². The molecule has 0 atom stereocenters. The number of hydrogen-bond donors (Lipinski definition) is 2.